The van der Waals surface area contributed by atoms with E-state index in [9.17, 15) is 4.79 Å². The normalized spacial score (nSPS) is 9.44. The fourth-order valence-electron chi connectivity index (χ4n) is 0.474. The molecular weight excluding hydrogens is 136 g/mol. The summed E-state index contributed by atoms with van der Waals surface area (Å²) in [5.41, 5.74) is -0.165. The zero-order valence-corrected chi connectivity index (χ0v) is 5.27. The molecular formula is C5H3BClNO. The minimum absolute atomic E-state index is 0.141. The number of aromatic amines is 1. The first kappa shape index (κ1) is 6.43. The quantitative estimate of drug-likeness (QED) is 0.497. The van der Waals surface area contributed by atoms with E-state index in [1.807, 2.05) is 0 Å². The van der Waals surface area contributed by atoms with Gasteiger partial charge in [0.05, 0.1) is 5.02 Å². The molecule has 0 bridgehead atoms. The minimum Gasteiger partial charge on any atom is -0.328 e. The minimum atomic E-state index is -0.306. The molecule has 0 atom stereocenters. The van der Waals surface area contributed by atoms with Crippen LogP contribution >= 0.6 is 11.6 Å². The Hall–Kier alpha value is -0.695. The van der Waals surface area contributed by atoms with Crippen LogP contribution in [0.5, 0.6) is 0 Å². The maximum absolute atomic E-state index is 10.5. The number of halogens is 1. The van der Waals surface area contributed by atoms with E-state index >= 15 is 0 Å². The summed E-state index contributed by atoms with van der Waals surface area (Å²) in [4.78, 5) is 12.9. The van der Waals surface area contributed by atoms with Crippen LogP contribution < -0.4 is 11.0 Å². The first-order chi connectivity index (χ1) is 4.20. The van der Waals surface area contributed by atoms with Crippen LogP contribution in [0, 0.1) is 0 Å². The molecule has 0 spiro atoms. The Kier molecular flexibility index (Phi) is 1.62. The number of rotatable bonds is 0. The topological polar surface area (TPSA) is 32.9 Å². The SMILES string of the molecule is [B]c1cc(Cl)c[nH]c1=O. The van der Waals surface area contributed by atoms with Crippen molar-refractivity contribution in [2.75, 3.05) is 0 Å². The summed E-state index contributed by atoms with van der Waals surface area (Å²) >= 11 is 5.47. The highest BCUT2D eigenvalue weighted by atomic mass is 35.5. The van der Waals surface area contributed by atoms with Gasteiger partial charge >= 0.3 is 0 Å². The van der Waals surface area contributed by atoms with Gasteiger partial charge in [-0.1, -0.05) is 11.6 Å². The summed E-state index contributed by atoms with van der Waals surface area (Å²) < 4.78 is 0. The zero-order valence-electron chi connectivity index (χ0n) is 4.52. The highest BCUT2D eigenvalue weighted by molar-refractivity contribution is 6.35. The predicted molar refractivity (Wildman–Crippen MR) is 37.5 cm³/mol. The summed E-state index contributed by atoms with van der Waals surface area (Å²) in [6.45, 7) is 0. The molecule has 2 nitrogen and oxygen atoms in total. The lowest BCUT2D eigenvalue weighted by molar-refractivity contribution is 1.26. The van der Waals surface area contributed by atoms with E-state index in [2.05, 4.69) is 4.98 Å². The lowest BCUT2D eigenvalue weighted by Gasteiger charge is -1.89. The van der Waals surface area contributed by atoms with Crippen LogP contribution in [-0.4, -0.2) is 12.8 Å². The number of hydrogen-bond acceptors (Lipinski definition) is 1. The second kappa shape index (κ2) is 2.27. The third-order valence-corrected chi connectivity index (χ3v) is 1.11. The molecule has 0 aromatic carbocycles. The molecule has 1 aromatic rings. The van der Waals surface area contributed by atoms with E-state index in [1.165, 1.54) is 12.3 Å². The Labute approximate surface area is 58.3 Å². The fourth-order valence-corrected chi connectivity index (χ4v) is 0.646. The summed E-state index contributed by atoms with van der Waals surface area (Å²) in [6, 6.07) is 1.40. The number of aromatic nitrogens is 1. The molecule has 0 aliphatic heterocycles. The standard InChI is InChI=1S/C5H3BClNO/c6-4-1-3(7)2-8-5(4)9/h1-2H,(H,8,9). The van der Waals surface area contributed by atoms with Gasteiger partial charge in [-0.2, -0.15) is 0 Å². The van der Waals surface area contributed by atoms with Crippen molar-refractivity contribution in [3.63, 3.8) is 0 Å². The van der Waals surface area contributed by atoms with E-state index < -0.39 is 0 Å². The van der Waals surface area contributed by atoms with E-state index in [4.69, 9.17) is 19.4 Å². The highest BCUT2D eigenvalue weighted by Gasteiger charge is 1.90. The number of H-pyrrole nitrogens is 1. The van der Waals surface area contributed by atoms with Crippen LogP contribution in [0.2, 0.25) is 5.02 Å². The van der Waals surface area contributed by atoms with Crippen molar-refractivity contribution in [2.45, 2.75) is 0 Å². The van der Waals surface area contributed by atoms with Crippen molar-refractivity contribution in [3.05, 3.63) is 27.6 Å². The van der Waals surface area contributed by atoms with Crippen LogP contribution in [0.4, 0.5) is 0 Å². The van der Waals surface area contributed by atoms with Gasteiger partial charge in [0.25, 0.3) is 0 Å². The summed E-state index contributed by atoms with van der Waals surface area (Å²) in [5.74, 6) is 0. The van der Waals surface area contributed by atoms with E-state index in [0.717, 1.165) is 0 Å². The van der Waals surface area contributed by atoms with Crippen LogP contribution in [0.3, 0.4) is 0 Å². The summed E-state index contributed by atoms with van der Waals surface area (Å²) in [6.07, 6.45) is 1.39. The molecule has 9 heavy (non-hydrogen) atoms. The molecule has 1 aromatic heterocycles. The van der Waals surface area contributed by atoms with Gasteiger partial charge in [-0.05, 0) is 11.5 Å². The predicted octanol–water partition coefficient (Wildman–Crippen LogP) is -0.178. The van der Waals surface area contributed by atoms with Crippen LogP contribution in [0.1, 0.15) is 0 Å². The van der Waals surface area contributed by atoms with Crippen molar-refractivity contribution in [1.82, 2.24) is 4.98 Å². The maximum atomic E-state index is 10.5. The Morgan fingerprint density at radius 3 is 2.78 bits per heavy atom. The number of hydrogen-bond donors (Lipinski definition) is 1. The van der Waals surface area contributed by atoms with Crippen molar-refractivity contribution < 1.29 is 0 Å². The molecule has 0 saturated carbocycles. The summed E-state index contributed by atoms with van der Waals surface area (Å²) in [5, 5.41) is 0.437. The molecule has 0 amide bonds. The van der Waals surface area contributed by atoms with Gasteiger partial charge in [0, 0.05) is 6.20 Å². The molecule has 0 fully saturated rings. The molecule has 0 unspecified atom stereocenters. The zero-order chi connectivity index (χ0) is 6.85. The van der Waals surface area contributed by atoms with Gasteiger partial charge in [0.1, 0.15) is 7.85 Å². The molecule has 4 heteroatoms. The molecule has 0 aliphatic carbocycles. The van der Waals surface area contributed by atoms with Gasteiger partial charge in [-0.25, -0.2) is 0 Å². The van der Waals surface area contributed by atoms with Gasteiger partial charge in [0.15, 0.2) is 0 Å². The number of pyridine rings is 1. The van der Waals surface area contributed by atoms with Gasteiger partial charge in [-0.3, -0.25) is 4.79 Å². The third kappa shape index (κ3) is 1.36. The smallest absolute Gasteiger partial charge is 0.240 e. The molecule has 1 N–H and O–H groups in total. The molecule has 44 valence electrons. The van der Waals surface area contributed by atoms with Gasteiger partial charge in [0.2, 0.25) is 5.56 Å². The average molecular weight is 139 g/mol. The van der Waals surface area contributed by atoms with E-state index in [1.54, 1.807) is 0 Å². The summed E-state index contributed by atoms with van der Waals surface area (Å²) in [7, 11) is 5.19. The largest absolute Gasteiger partial charge is 0.328 e. The van der Waals surface area contributed by atoms with Crippen molar-refractivity contribution in [2.24, 2.45) is 0 Å². The third-order valence-electron chi connectivity index (χ3n) is 0.897. The average Bonchev–Trinajstić information content (AvgIpc) is 1.80. The maximum Gasteiger partial charge on any atom is 0.240 e. The first-order valence-electron chi connectivity index (χ1n) is 2.34. The first-order valence-corrected chi connectivity index (χ1v) is 2.71. The Balaban J connectivity index is 3.34. The van der Waals surface area contributed by atoms with Gasteiger partial charge in [-0.15, -0.1) is 0 Å². The molecule has 1 rings (SSSR count). The Morgan fingerprint density at radius 1 is 1.67 bits per heavy atom. The van der Waals surface area contributed by atoms with Crippen molar-refractivity contribution in [1.29, 1.82) is 0 Å². The van der Waals surface area contributed by atoms with Crippen LogP contribution in [-0.2, 0) is 0 Å². The van der Waals surface area contributed by atoms with E-state index in [0.29, 0.717) is 5.02 Å². The second-order valence-corrected chi connectivity index (χ2v) is 2.04. The monoisotopic (exact) mass is 139 g/mol. The van der Waals surface area contributed by atoms with Crippen LogP contribution in [0.15, 0.2) is 17.1 Å². The van der Waals surface area contributed by atoms with E-state index in [-0.39, 0.29) is 11.0 Å². The van der Waals surface area contributed by atoms with Crippen molar-refractivity contribution in [3.8, 4) is 0 Å². The molecule has 1 heterocycles. The molecule has 2 radical (unpaired) electrons. The number of nitrogens with one attached hydrogen (secondary N) is 1. The Bertz CT molecular complexity index is 270. The lowest BCUT2D eigenvalue weighted by atomic mass is 9.99. The van der Waals surface area contributed by atoms with Gasteiger partial charge < -0.3 is 4.98 Å². The molecule has 0 saturated heterocycles. The lowest BCUT2D eigenvalue weighted by Crippen LogP contribution is -2.26. The van der Waals surface area contributed by atoms with Crippen LogP contribution in [0.25, 0.3) is 0 Å². The van der Waals surface area contributed by atoms with Crippen molar-refractivity contribution >= 4 is 24.9 Å². The fraction of sp³-hybridized carbons (Fsp3) is 0. The highest BCUT2D eigenvalue weighted by Crippen LogP contribution is 1.97. The second-order valence-electron chi connectivity index (χ2n) is 1.60. The Morgan fingerprint density at radius 2 is 2.33 bits per heavy atom. The molecule has 0 aliphatic rings.